The SMILES string of the molecule is CC1(C)c2ccccc2-c2c1ccc1c2c2cc(-c3ccc4c(c3)c3ccccc3n4-c3ccc4c(c3)oc3ccccc34)ccc2n1-c1ccccc1. The molecule has 0 N–H and O–H groups in total. The van der Waals surface area contributed by atoms with Crippen molar-refractivity contribution in [2.24, 2.45) is 0 Å². The lowest BCUT2D eigenvalue weighted by Gasteiger charge is -2.21. The summed E-state index contributed by atoms with van der Waals surface area (Å²) in [5, 5.41) is 7.35. The molecule has 3 heterocycles. The van der Waals surface area contributed by atoms with Gasteiger partial charge in [0.15, 0.2) is 0 Å². The van der Waals surface area contributed by atoms with E-state index in [4.69, 9.17) is 4.42 Å². The van der Waals surface area contributed by atoms with Crippen molar-refractivity contribution in [2.45, 2.75) is 19.3 Å². The monoisotopic (exact) mass is 690 g/mol. The molecule has 0 aliphatic heterocycles. The van der Waals surface area contributed by atoms with Gasteiger partial charge in [0.2, 0.25) is 0 Å². The van der Waals surface area contributed by atoms with Crippen molar-refractivity contribution >= 4 is 65.6 Å². The minimum absolute atomic E-state index is 0.0763. The molecule has 12 rings (SSSR count). The van der Waals surface area contributed by atoms with Crippen molar-refractivity contribution < 1.29 is 4.42 Å². The first-order chi connectivity index (χ1) is 26.5. The lowest BCUT2D eigenvalue weighted by molar-refractivity contribution is 0.661. The average molecular weight is 691 g/mol. The Hall–Kier alpha value is -6.84. The first-order valence-electron chi connectivity index (χ1n) is 18.8. The van der Waals surface area contributed by atoms with Gasteiger partial charge >= 0.3 is 0 Å². The van der Waals surface area contributed by atoms with Gasteiger partial charge < -0.3 is 13.6 Å². The third kappa shape index (κ3) is 3.91. The summed E-state index contributed by atoms with van der Waals surface area (Å²) in [4.78, 5) is 0. The molecule has 0 amide bonds. The van der Waals surface area contributed by atoms with Crippen LogP contribution >= 0.6 is 0 Å². The van der Waals surface area contributed by atoms with E-state index in [0.717, 1.165) is 27.6 Å². The summed E-state index contributed by atoms with van der Waals surface area (Å²) in [6, 6.07) is 62.1. The molecule has 3 nitrogen and oxygen atoms in total. The molecule has 0 fully saturated rings. The number of para-hydroxylation sites is 3. The van der Waals surface area contributed by atoms with Gasteiger partial charge in [-0.15, -0.1) is 0 Å². The van der Waals surface area contributed by atoms with Crippen LogP contribution in [-0.2, 0) is 5.41 Å². The van der Waals surface area contributed by atoms with Gasteiger partial charge in [0, 0.05) is 55.2 Å². The topological polar surface area (TPSA) is 23.0 Å². The second kappa shape index (κ2) is 10.6. The highest BCUT2D eigenvalue weighted by Gasteiger charge is 2.37. The van der Waals surface area contributed by atoms with E-state index in [-0.39, 0.29) is 5.41 Å². The number of hydrogen-bond donors (Lipinski definition) is 0. The first-order valence-corrected chi connectivity index (χ1v) is 18.8. The van der Waals surface area contributed by atoms with Gasteiger partial charge in [0.1, 0.15) is 11.2 Å². The van der Waals surface area contributed by atoms with E-state index < -0.39 is 0 Å². The molecular formula is C51H34N2O. The first kappa shape index (κ1) is 29.7. The molecule has 254 valence electrons. The number of fused-ring (bicyclic) bond motifs is 13. The molecule has 3 aromatic heterocycles. The van der Waals surface area contributed by atoms with E-state index in [1.165, 1.54) is 82.7 Å². The summed E-state index contributed by atoms with van der Waals surface area (Å²) in [7, 11) is 0. The normalized spacial score (nSPS) is 13.5. The summed E-state index contributed by atoms with van der Waals surface area (Å²) in [6.07, 6.45) is 0. The molecule has 11 aromatic rings. The van der Waals surface area contributed by atoms with Crippen LogP contribution in [0.5, 0.6) is 0 Å². The van der Waals surface area contributed by atoms with E-state index >= 15 is 0 Å². The quantitative estimate of drug-likeness (QED) is 0.181. The Kier molecular flexibility index (Phi) is 5.84. The maximum absolute atomic E-state index is 6.33. The van der Waals surface area contributed by atoms with Crippen molar-refractivity contribution in [1.82, 2.24) is 9.13 Å². The minimum atomic E-state index is -0.0763. The highest BCUT2D eigenvalue weighted by molar-refractivity contribution is 6.19. The molecule has 0 bridgehead atoms. The molecule has 0 atom stereocenters. The van der Waals surface area contributed by atoms with Gasteiger partial charge in [-0.05, 0) is 100 Å². The minimum Gasteiger partial charge on any atom is -0.456 e. The summed E-state index contributed by atoms with van der Waals surface area (Å²) < 4.78 is 11.1. The Labute approximate surface area is 311 Å². The van der Waals surface area contributed by atoms with E-state index in [1.807, 2.05) is 12.1 Å². The van der Waals surface area contributed by atoms with E-state index in [0.29, 0.717) is 0 Å². The van der Waals surface area contributed by atoms with Crippen LogP contribution in [0.25, 0.3) is 99.2 Å². The predicted octanol–water partition coefficient (Wildman–Crippen LogP) is 13.8. The smallest absolute Gasteiger partial charge is 0.137 e. The fourth-order valence-electron chi connectivity index (χ4n) is 9.62. The summed E-state index contributed by atoms with van der Waals surface area (Å²) in [5.41, 5.74) is 16.7. The van der Waals surface area contributed by atoms with Crippen LogP contribution in [0.3, 0.4) is 0 Å². The maximum Gasteiger partial charge on any atom is 0.137 e. The van der Waals surface area contributed by atoms with Crippen molar-refractivity contribution in [1.29, 1.82) is 0 Å². The van der Waals surface area contributed by atoms with Gasteiger partial charge in [0.25, 0.3) is 0 Å². The molecule has 0 saturated carbocycles. The summed E-state index contributed by atoms with van der Waals surface area (Å²) in [6.45, 7) is 4.73. The van der Waals surface area contributed by atoms with Crippen molar-refractivity contribution in [3.8, 4) is 33.6 Å². The Morgan fingerprint density at radius 3 is 1.89 bits per heavy atom. The van der Waals surface area contributed by atoms with Crippen LogP contribution in [0.15, 0.2) is 174 Å². The van der Waals surface area contributed by atoms with Crippen molar-refractivity contribution in [3.63, 3.8) is 0 Å². The zero-order valence-corrected chi connectivity index (χ0v) is 30.0. The van der Waals surface area contributed by atoms with Crippen LogP contribution in [0, 0.1) is 0 Å². The number of benzene rings is 8. The Bertz CT molecular complexity index is 3350. The summed E-state index contributed by atoms with van der Waals surface area (Å²) in [5.74, 6) is 0. The summed E-state index contributed by atoms with van der Waals surface area (Å²) >= 11 is 0. The number of aromatic nitrogens is 2. The molecule has 0 spiro atoms. The number of hydrogen-bond acceptors (Lipinski definition) is 1. The fraction of sp³-hybridized carbons (Fsp3) is 0.0588. The van der Waals surface area contributed by atoms with Crippen LogP contribution < -0.4 is 0 Å². The lowest BCUT2D eigenvalue weighted by Crippen LogP contribution is -2.14. The Balaban J connectivity index is 1.09. The fourth-order valence-corrected chi connectivity index (χ4v) is 9.62. The van der Waals surface area contributed by atoms with Crippen LogP contribution in [0.1, 0.15) is 25.0 Å². The van der Waals surface area contributed by atoms with Gasteiger partial charge in [-0.1, -0.05) is 111 Å². The molecule has 1 aliphatic carbocycles. The highest BCUT2D eigenvalue weighted by atomic mass is 16.3. The average Bonchev–Trinajstić information content (AvgIpc) is 3.92. The standard InChI is InChI=1S/C51H34N2O/c1-51(2)41-17-9-6-16-38(41)49-42(51)24-27-46-50(49)40-29-32(21-26-45(40)52(46)33-12-4-3-5-13-33)31-20-25-44-39(28-31)35-14-7-10-18-43(35)53(44)34-22-23-37-36-15-8-11-19-47(36)54-48(37)30-34/h3-30H,1-2H3. The lowest BCUT2D eigenvalue weighted by atomic mass is 9.82. The Morgan fingerprint density at radius 2 is 1.04 bits per heavy atom. The third-order valence-electron chi connectivity index (χ3n) is 12.1. The van der Waals surface area contributed by atoms with Gasteiger partial charge in [-0.2, -0.15) is 0 Å². The van der Waals surface area contributed by atoms with E-state index in [9.17, 15) is 0 Å². The predicted molar refractivity (Wildman–Crippen MR) is 225 cm³/mol. The van der Waals surface area contributed by atoms with Gasteiger partial charge in [-0.3, -0.25) is 0 Å². The molecule has 0 radical (unpaired) electrons. The zero-order valence-electron chi connectivity index (χ0n) is 30.0. The van der Waals surface area contributed by atoms with Crippen LogP contribution in [0.4, 0.5) is 0 Å². The number of rotatable bonds is 3. The molecule has 3 heteroatoms. The second-order valence-corrected chi connectivity index (χ2v) is 15.3. The third-order valence-corrected chi connectivity index (χ3v) is 12.1. The van der Waals surface area contributed by atoms with Crippen LogP contribution in [-0.4, -0.2) is 9.13 Å². The zero-order chi connectivity index (χ0) is 35.7. The van der Waals surface area contributed by atoms with Crippen molar-refractivity contribution in [2.75, 3.05) is 0 Å². The molecule has 0 unspecified atom stereocenters. The molecule has 8 aromatic carbocycles. The van der Waals surface area contributed by atoms with Crippen molar-refractivity contribution in [3.05, 3.63) is 181 Å². The number of nitrogens with zero attached hydrogens (tertiary/aromatic N) is 2. The molecule has 1 aliphatic rings. The van der Waals surface area contributed by atoms with Gasteiger partial charge in [-0.25, -0.2) is 0 Å². The molecule has 0 saturated heterocycles. The Morgan fingerprint density at radius 1 is 0.407 bits per heavy atom. The van der Waals surface area contributed by atoms with E-state index in [2.05, 4.69) is 181 Å². The second-order valence-electron chi connectivity index (χ2n) is 15.3. The molecular weight excluding hydrogens is 657 g/mol. The maximum atomic E-state index is 6.33. The van der Waals surface area contributed by atoms with Gasteiger partial charge in [0.05, 0.1) is 22.1 Å². The van der Waals surface area contributed by atoms with E-state index in [1.54, 1.807) is 0 Å². The number of furan rings is 1. The molecule has 54 heavy (non-hydrogen) atoms. The van der Waals surface area contributed by atoms with Crippen LogP contribution in [0.2, 0.25) is 0 Å². The largest absolute Gasteiger partial charge is 0.456 e. The highest BCUT2D eigenvalue weighted by Crippen LogP contribution is 2.53.